The molecule has 0 radical (unpaired) electrons. The summed E-state index contributed by atoms with van der Waals surface area (Å²) in [6.07, 6.45) is 4.93. The summed E-state index contributed by atoms with van der Waals surface area (Å²) in [5, 5.41) is 12.7. The topological polar surface area (TPSA) is 95.7 Å². The summed E-state index contributed by atoms with van der Waals surface area (Å²) in [5.41, 5.74) is 6.44. The number of amides is 1. The van der Waals surface area contributed by atoms with Crippen molar-refractivity contribution in [3.05, 3.63) is 35.6 Å². The molecule has 1 fully saturated rings. The molecule has 1 heterocycles. The van der Waals surface area contributed by atoms with E-state index in [4.69, 9.17) is 5.73 Å². The van der Waals surface area contributed by atoms with Gasteiger partial charge in [-0.3, -0.25) is 14.9 Å². The molecule has 0 unspecified atom stereocenters. The van der Waals surface area contributed by atoms with Crippen LogP contribution in [0, 0.1) is 5.82 Å². The molecule has 1 aromatic carbocycles. The van der Waals surface area contributed by atoms with Gasteiger partial charge in [0.2, 0.25) is 5.91 Å². The maximum atomic E-state index is 13.0. The fraction of sp³-hybridized carbons (Fsp3) is 0.619. The molecule has 1 aliphatic heterocycles. The minimum atomic E-state index is -0.979. The van der Waals surface area contributed by atoms with Crippen molar-refractivity contribution in [3.8, 4) is 0 Å². The van der Waals surface area contributed by atoms with Crippen LogP contribution in [0.4, 0.5) is 4.39 Å². The van der Waals surface area contributed by atoms with Crippen LogP contribution in [-0.4, -0.2) is 53.1 Å². The van der Waals surface area contributed by atoms with Gasteiger partial charge in [-0.1, -0.05) is 18.6 Å². The van der Waals surface area contributed by atoms with Crippen molar-refractivity contribution < 1.29 is 19.1 Å². The number of nitrogens with one attached hydrogen (secondary N) is 1. The van der Waals surface area contributed by atoms with Crippen molar-refractivity contribution in [2.75, 3.05) is 13.1 Å². The number of benzene rings is 1. The van der Waals surface area contributed by atoms with E-state index in [0.29, 0.717) is 25.8 Å². The SMILES string of the molecule is C[C@@H]1CCCN1C(=O)[C@H](CCCCN)N[C@@H](CCc1ccc(F)cc1)C(=O)O. The lowest BCUT2D eigenvalue weighted by molar-refractivity contribution is -0.141. The van der Waals surface area contributed by atoms with Crippen molar-refractivity contribution in [2.24, 2.45) is 5.73 Å². The molecule has 1 aromatic rings. The molecule has 1 amide bonds. The number of hydrogen-bond acceptors (Lipinski definition) is 4. The second-order valence-electron chi connectivity index (χ2n) is 7.58. The van der Waals surface area contributed by atoms with Gasteiger partial charge in [0.1, 0.15) is 11.9 Å². The lowest BCUT2D eigenvalue weighted by Crippen LogP contribution is -2.52. The molecule has 3 atom stereocenters. The fourth-order valence-electron chi connectivity index (χ4n) is 3.71. The molecule has 0 aromatic heterocycles. The number of rotatable bonds is 11. The highest BCUT2D eigenvalue weighted by atomic mass is 19.1. The number of unbranched alkanes of at least 4 members (excludes halogenated alkanes) is 1. The number of carboxylic acid groups (broad SMARTS) is 1. The van der Waals surface area contributed by atoms with Crippen LogP contribution in [0.3, 0.4) is 0 Å². The molecule has 0 spiro atoms. The van der Waals surface area contributed by atoms with Gasteiger partial charge < -0.3 is 15.7 Å². The molecule has 0 saturated carbocycles. The highest BCUT2D eigenvalue weighted by molar-refractivity contribution is 5.83. The quantitative estimate of drug-likeness (QED) is 0.502. The van der Waals surface area contributed by atoms with Crippen molar-refractivity contribution in [1.29, 1.82) is 0 Å². The molecule has 1 saturated heterocycles. The molecule has 0 bridgehead atoms. The smallest absolute Gasteiger partial charge is 0.320 e. The van der Waals surface area contributed by atoms with Crippen LogP contribution in [0.5, 0.6) is 0 Å². The number of hydrogen-bond donors (Lipinski definition) is 3. The van der Waals surface area contributed by atoms with E-state index in [0.717, 1.165) is 37.8 Å². The third-order valence-electron chi connectivity index (χ3n) is 5.42. The van der Waals surface area contributed by atoms with Gasteiger partial charge in [0.25, 0.3) is 0 Å². The van der Waals surface area contributed by atoms with Crippen LogP contribution in [0.25, 0.3) is 0 Å². The molecule has 4 N–H and O–H groups in total. The highest BCUT2D eigenvalue weighted by Crippen LogP contribution is 2.19. The van der Waals surface area contributed by atoms with Crippen molar-refractivity contribution in [3.63, 3.8) is 0 Å². The van der Waals surface area contributed by atoms with Gasteiger partial charge in [0, 0.05) is 12.6 Å². The largest absolute Gasteiger partial charge is 0.480 e. The standard InChI is InChI=1S/C21H32FN3O3/c1-15-5-4-14-25(15)20(26)18(6-2-3-13-23)24-19(21(27)28)12-9-16-7-10-17(22)11-8-16/h7-8,10-11,15,18-19,24H,2-6,9,12-14,23H2,1H3,(H,27,28)/t15-,18+,19+/m1/s1. The average molecular weight is 394 g/mol. The summed E-state index contributed by atoms with van der Waals surface area (Å²) < 4.78 is 13.0. The Morgan fingerprint density at radius 2 is 1.96 bits per heavy atom. The Morgan fingerprint density at radius 1 is 1.25 bits per heavy atom. The Bertz CT molecular complexity index is 638. The van der Waals surface area contributed by atoms with Gasteiger partial charge in [-0.25, -0.2) is 4.39 Å². The number of carboxylic acids is 1. The zero-order valence-electron chi connectivity index (χ0n) is 16.6. The molecule has 6 nitrogen and oxygen atoms in total. The highest BCUT2D eigenvalue weighted by Gasteiger charge is 2.32. The molecular weight excluding hydrogens is 361 g/mol. The van der Waals surface area contributed by atoms with E-state index in [1.807, 2.05) is 11.8 Å². The lowest BCUT2D eigenvalue weighted by Gasteiger charge is -2.29. The summed E-state index contributed by atoms with van der Waals surface area (Å²) in [7, 11) is 0. The average Bonchev–Trinajstić information content (AvgIpc) is 3.10. The Kier molecular flexibility index (Phi) is 8.86. The number of carbonyl (C=O) groups excluding carboxylic acids is 1. The Labute approximate surface area is 166 Å². The number of aliphatic carboxylic acids is 1. The number of likely N-dealkylation sites (tertiary alicyclic amines) is 1. The van der Waals surface area contributed by atoms with Crippen molar-refractivity contribution in [2.45, 2.75) is 70.0 Å². The maximum Gasteiger partial charge on any atom is 0.320 e. The van der Waals surface area contributed by atoms with Gasteiger partial charge in [0.05, 0.1) is 6.04 Å². The van der Waals surface area contributed by atoms with E-state index in [9.17, 15) is 19.1 Å². The van der Waals surface area contributed by atoms with Gasteiger partial charge in [-0.15, -0.1) is 0 Å². The first-order chi connectivity index (χ1) is 13.4. The van der Waals surface area contributed by atoms with E-state index in [1.54, 1.807) is 12.1 Å². The normalized spacial score (nSPS) is 18.8. The molecule has 0 aliphatic carbocycles. The summed E-state index contributed by atoms with van der Waals surface area (Å²) in [6, 6.07) is 4.87. The minimum absolute atomic E-state index is 0.0185. The van der Waals surface area contributed by atoms with Gasteiger partial charge in [0.15, 0.2) is 0 Å². The van der Waals surface area contributed by atoms with E-state index < -0.39 is 18.1 Å². The number of nitrogens with two attached hydrogens (primary N) is 1. The zero-order chi connectivity index (χ0) is 20.5. The predicted molar refractivity (Wildman–Crippen MR) is 106 cm³/mol. The molecular formula is C21H32FN3O3. The number of carbonyl (C=O) groups is 2. The first-order valence-electron chi connectivity index (χ1n) is 10.2. The van der Waals surface area contributed by atoms with Gasteiger partial charge >= 0.3 is 5.97 Å². The van der Waals surface area contributed by atoms with E-state index in [-0.39, 0.29) is 17.8 Å². The van der Waals surface area contributed by atoms with E-state index >= 15 is 0 Å². The van der Waals surface area contributed by atoms with Crippen LogP contribution in [0.2, 0.25) is 0 Å². The molecule has 1 aliphatic rings. The van der Waals surface area contributed by atoms with Gasteiger partial charge in [-0.2, -0.15) is 0 Å². The van der Waals surface area contributed by atoms with E-state index in [1.165, 1.54) is 12.1 Å². The lowest BCUT2D eigenvalue weighted by atomic mass is 10.0. The van der Waals surface area contributed by atoms with Crippen LogP contribution in [0.15, 0.2) is 24.3 Å². The Balaban J connectivity index is 2.02. The monoisotopic (exact) mass is 393 g/mol. The molecule has 28 heavy (non-hydrogen) atoms. The number of halogens is 1. The second-order valence-corrected chi connectivity index (χ2v) is 7.58. The third-order valence-corrected chi connectivity index (χ3v) is 5.42. The summed E-state index contributed by atoms with van der Waals surface area (Å²) >= 11 is 0. The number of aryl methyl sites for hydroxylation is 1. The summed E-state index contributed by atoms with van der Waals surface area (Å²) in [4.78, 5) is 26.7. The maximum absolute atomic E-state index is 13.0. The summed E-state index contributed by atoms with van der Waals surface area (Å²) in [6.45, 7) is 3.31. The van der Waals surface area contributed by atoms with Crippen LogP contribution < -0.4 is 11.1 Å². The molecule has 7 heteroatoms. The van der Waals surface area contributed by atoms with Crippen LogP contribution in [-0.2, 0) is 16.0 Å². The second kappa shape index (κ2) is 11.1. The fourth-order valence-corrected chi connectivity index (χ4v) is 3.71. The predicted octanol–water partition coefficient (Wildman–Crippen LogP) is 2.31. The Morgan fingerprint density at radius 3 is 2.54 bits per heavy atom. The van der Waals surface area contributed by atoms with Crippen molar-refractivity contribution in [1.82, 2.24) is 10.2 Å². The van der Waals surface area contributed by atoms with Crippen LogP contribution >= 0.6 is 0 Å². The van der Waals surface area contributed by atoms with Crippen molar-refractivity contribution >= 4 is 11.9 Å². The van der Waals surface area contributed by atoms with Gasteiger partial charge in [-0.05, 0) is 69.7 Å². The van der Waals surface area contributed by atoms with Crippen LogP contribution in [0.1, 0.15) is 51.0 Å². The molecule has 2 rings (SSSR count). The number of nitrogens with zero attached hydrogens (tertiary/aromatic N) is 1. The van der Waals surface area contributed by atoms with E-state index in [2.05, 4.69) is 5.32 Å². The minimum Gasteiger partial charge on any atom is -0.480 e. The Hall–Kier alpha value is -1.99. The zero-order valence-corrected chi connectivity index (χ0v) is 16.6. The first-order valence-corrected chi connectivity index (χ1v) is 10.2. The molecule has 156 valence electrons. The first kappa shape index (κ1) is 22.3. The third kappa shape index (κ3) is 6.56. The summed E-state index contributed by atoms with van der Waals surface area (Å²) in [5.74, 6) is -1.31.